The Labute approximate surface area is 129 Å². The van der Waals surface area contributed by atoms with Gasteiger partial charge in [-0.2, -0.15) is 0 Å². The summed E-state index contributed by atoms with van der Waals surface area (Å²) >= 11 is 3.76. The summed E-state index contributed by atoms with van der Waals surface area (Å²) in [4.78, 5) is 2.49. The number of morpholine rings is 1. The van der Waals surface area contributed by atoms with Gasteiger partial charge in [0.05, 0.1) is 13.2 Å². The van der Waals surface area contributed by atoms with Gasteiger partial charge < -0.3 is 10.1 Å². The molecule has 0 radical (unpaired) electrons. The third-order valence-corrected chi connectivity index (χ3v) is 5.15. The molecule has 1 aromatic rings. The van der Waals surface area contributed by atoms with Crippen molar-refractivity contribution in [1.29, 1.82) is 0 Å². The average Bonchev–Trinajstić information content (AvgIpc) is 3.01. The number of hydrogen-bond donors (Lipinski definition) is 1. The Balaban J connectivity index is 1.58. The summed E-state index contributed by atoms with van der Waals surface area (Å²) in [5, 5.41) is 3.44. The molecule has 0 amide bonds. The number of hydrogen-bond acceptors (Lipinski definition) is 3. The standard InChI is InChI=1S/C16H23BrN2O/c17-16-11-14(15-3-5-18-12-15)2-1-13(16)4-6-19-7-9-20-10-8-19/h1-2,11,15,18H,3-10,12H2. The Morgan fingerprint density at radius 1 is 1.30 bits per heavy atom. The van der Waals surface area contributed by atoms with Crippen LogP contribution in [0, 0.1) is 0 Å². The minimum atomic E-state index is 0.694. The van der Waals surface area contributed by atoms with Crippen LogP contribution in [0.2, 0.25) is 0 Å². The summed E-state index contributed by atoms with van der Waals surface area (Å²) in [5.74, 6) is 0.694. The van der Waals surface area contributed by atoms with E-state index in [4.69, 9.17) is 4.74 Å². The van der Waals surface area contributed by atoms with Crippen LogP contribution in [-0.4, -0.2) is 50.8 Å². The maximum Gasteiger partial charge on any atom is 0.0594 e. The molecule has 2 saturated heterocycles. The topological polar surface area (TPSA) is 24.5 Å². The van der Waals surface area contributed by atoms with E-state index in [1.165, 1.54) is 22.0 Å². The molecule has 1 aromatic carbocycles. The second-order valence-corrected chi connectivity index (χ2v) is 6.60. The maximum atomic E-state index is 5.39. The Bertz CT molecular complexity index is 440. The molecule has 0 spiro atoms. The molecule has 0 aliphatic carbocycles. The van der Waals surface area contributed by atoms with Gasteiger partial charge in [0.1, 0.15) is 0 Å². The summed E-state index contributed by atoms with van der Waals surface area (Å²) < 4.78 is 6.66. The molecule has 110 valence electrons. The highest BCUT2D eigenvalue weighted by molar-refractivity contribution is 9.10. The van der Waals surface area contributed by atoms with Crippen molar-refractivity contribution >= 4 is 15.9 Å². The van der Waals surface area contributed by atoms with E-state index >= 15 is 0 Å². The van der Waals surface area contributed by atoms with E-state index < -0.39 is 0 Å². The van der Waals surface area contributed by atoms with Crippen molar-refractivity contribution in [3.8, 4) is 0 Å². The van der Waals surface area contributed by atoms with Gasteiger partial charge in [0.15, 0.2) is 0 Å². The first kappa shape index (κ1) is 14.5. The Morgan fingerprint density at radius 3 is 2.85 bits per heavy atom. The molecule has 2 aliphatic rings. The summed E-state index contributed by atoms with van der Waals surface area (Å²) in [6.45, 7) is 7.32. The van der Waals surface area contributed by atoms with Crippen molar-refractivity contribution in [2.45, 2.75) is 18.8 Å². The van der Waals surface area contributed by atoms with Crippen molar-refractivity contribution in [3.05, 3.63) is 33.8 Å². The quantitative estimate of drug-likeness (QED) is 0.912. The van der Waals surface area contributed by atoms with E-state index in [1.54, 1.807) is 0 Å². The second-order valence-electron chi connectivity index (χ2n) is 5.74. The molecule has 2 heterocycles. The first-order chi connectivity index (χ1) is 9.83. The number of benzene rings is 1. The van der Waals surface area contributed by atoms with Crippen LogP contribution in [0.1, 0.15) is 23.5 Å². The van der Waals surface area contributed by atoms with Gasteiger partial charge in [-0.3, -0.25) is 4.90 Å². The molecule has 4 heteroatoms. The minimum absolute atomic E-state index is 0.694. The van der Waals surface area contributed by atoms with Crippen LogP contribution in [0.4, 0.5) is 0 Å². The van der Waals surface area contributed by atoms with Crippen molar-refractivity contribution < 1.29 is 4.74 Å². The molecular weight excluding hydrogens is 316 g/mol. The molecule has 0 aromatic heterocycles. The predicted octanol–water partition coefficient (Wildman–Crippen LogP) is 2.40. The summed E-state index contributed by atoms with van der Waals surface area (Å²) in [5.41, 5.74) is 2.89. The maximum absolute atomic E-state index is 5.39. The first-order valence-corrected chi connectivity index (χ1v) is 8.41. The van der Waals surface area contributed by atoms with Crippen LogP contribution in [-0.2, 0) is 11.2 Å². The van der Waals surface area contributed by atoms with Crippen molar-refractivity contribution in [1.82, 2.24) is 10.2 Å². The highest BCUT2D eigenvalue weighted by atomic mass is 79.9. The van der Waals surface area contributed by atoms with Crippen LogP contribution in [0.25, 0.3) is 0 Å². The number of rotatable bonds is 4. The van der Waals surface area contributed by atoms with Crippen LogP contribution < -0.4 is 5.32 Å². The van der Waals surface area contributed by atoms with Gasteiger partial charge in [-0.05, 0) is 42.5 Å². The van der Waals surface area contributed by atoms with Gasteiger partial charge in [0, 0.05) is 30.7 Å². The monoisotopic (exact) mass is 338 g/mol. The SMILES string of the molecule is Brc1cc(C2CCNC2)ccc1CCN1CCOCC1. The predicted molar refractivity (Wildman–Crippen MR) is 85.3 cm³/mol. The van der Waals surface area contributed by atoms with Crippen molar-refractivity contribution in [2.75, 3.05) is 45.9 Å². The summed E-state index contributed by atoms with van der Waals surface area (Å²) in [7, 11) is 0. The lowest BCUT2D eigenvalue weighted by Crippen LogP contribution is -2.37. The molecule has 2 aliphatic heterocycles. The zero-order valence-electron chi connectivity index (χ0n) is 11.9. The van der Waals surface area contributed by atoms with Gasteiger partial charge in [-0.1, -0.05) is 28.1 Å². The van der Waals surface area contributed by atoms with Gasteiger partial charge in [0.25, 0.3) is 0 Å². The first-order valence-electron chi connectivity index (χ1n) is 7.62. The lowest BCUT2D eigenvalue weighted by Gasteiger charge is -2.26. The van der Waals surface area contributed by atoms with E-state index in [2.05, 4.69) is 44.3 Å². The van der Waals surface area contributed by atoms with E-state index in [9.17, 15) is 0 Å². The van der Waals surface area contributed by atoms with Gasteiger partial charge in [-0.25, -0.2) is 0 Å². The fourth-order valence-corrected chi connectivity index (χ4v) is 3.66. The normalized spacial score (nSPS) is 24.1. The zero-order valence-corrected chi connectivity index (χ0v) is 13.5. The molecule has 3 rings (SSSR count). The molecule has 1 N–H and O–H groups in total. The lowest BCUT2D eigenvalue weighted by molar-refractivity contribution is 0.0384. The molecule has 0 bridgehead atoms. The van der Waals surface area contributed by atoms with Crippen molar-refractivity contribution in [3.63, 3.8) is 0 Å². The summed E-state index contributed by atoms with van der Waals surface area (Å²) in [6, 6.07) is 6.95. The fourth-order valence-electron chi connectivity index (χ4n) is 3.06. The van der Waals surface area contributed by atoms with E-state index in [1.807, 2.05) is 0 Å². The van der Waals surface area contributed by atoms with Crippen LogP contribution >= 0.6 is 15.9 Å². The van der Waals surface area contributed by atoms with Gasteiger partial charge >= 0.3 is 0 Å². The summed E-state index contributed by atoms with van der Waals surface area (Å²) in [6.07, 6.45) is 2.38. The number of nitrogens with one attached hydrogen (secondary N) is 1. The number of halogens is 1. The fraction of sp³-hybridized carbons (Fsp3) is 0.625. The molecule has 1 atom stereocenters. The second kappa shape index (κ2) is 7.03. The smallest absolute Gasteiger partial charge is 0.0594 e. The molecule has 0 saturated carbocycles. The Hall–Kier alpha value is -0.420. The van der Waals surface area contributed by atoms with E-state index in [0.717, 1.165) is 52.4 Å². The molecule has 2 fully saturated rings. The van der Waals surface area contributed by atoms with Gasteiger partial charge in [0.2, 0.25) is 0 Å². The third kappa shape index (κ3) is 3.61. The highest BCUT2D eigenvalue weighted by Crippen LogP contribution is 2.27. The van der Waals surface area contributed by atoms with Gasteiger partial charge in [-0.15, -0.1) is 0 Å². The minimum Gasteiger partial charge on any atom is -0.379 e. The molecule has 1 unspecified atom stereocenters. The zero-order chi connectivity index (χ0) is 13.8. The third-order valence-electron chi connectivity index (χ3n) is 4.41. The van der Waals surface area contributed by atoms with E-state index in [0.29, 0.717) is 5.92 Å². The Morgan fingerprint density at radius 2 is 2.15 bits per heavy atom. The largest absolute Gasteiger partial charge is 0.379 e. The van der Waals surface area contributed by atoms with Crippen LogP contribution in [0.3, 0.4) is 0 Å². The van der Waals surface area contributed by atoms with Crippen LogP contribution in [0.5, 0.6) is 0 Å². The number of nitrogens with zero attached hydrogens (tertiary/aromatic N) is 1. The Kier molecular flexibility index (Phi) is 5.10. The molecule has 3 nitrogen and oxygen atoms in total. The lowest BCUT2D eigenvalue weighted by atomic mass is 9.97. The van der Waals surface area contributed by atoms with Crippen molar-refractivity contribution in [2.24, 2.45) is 0 Å². The van der Waals surface area contributed by atoms with Crippen LogP contribution in [0.15, 0.2) is 22.7 Å². The highest BCUT2D eigenvalue weighted by Gasteiger charge is 2.17. The number of ether oxygens (including phenoxy) is 1. The van der Waals surface area contributed by atoms with E-state index in [-0.39, 0.29) is 0 Å². The average molecular weight is 339 g/mol. The molecular formula is C16H23BrN2O. The molecule has 20 heavy (non-hydrogen) atoms.